The number of hydrogen-bond acceptors (Lipinski definition) is 4. The minimum absolute atomic E-state index is 0.0313. The van der Waals surface area contributed by atoms with Gasteiger partial charge in [0.25, 0.3) is 5.91 Å². The Morgan fingerprint density at radius 2 is 1.66 bits per heavy atom. The maximum absolute atomic E-state index is 14.5. The second-order valence-corrected chi connectivity index (χ2v) is 9.42. The quantitative estimate of drug-likeness (QED) is 0.503. The number of alkyl halides is 5. The zero-order valence-corrected chi connectivity index (χ0v) is 18.5. The standard InChI is InChI=1S/C23H19F5N4O3/c1-20(2)18(34)32(14-5-3-13(4-6-14)21(8-9-21)23(26,27)28)19(35)31(20)11-12-7-10-29-16-15(12)22(24,25)17(33)30-16/h3-7,10H,8-9,11H2,1-2H3,(H,29,30,33). The third-order valence-corrected chi connectivity index (χ3v) is 6.99. The fraction of sp³-hybridized carbons (Fsp3) is 0.391. The average molecular weight is 494 g/mol. The van der Waals surface area contributed by atoms with Gasteiger partial charge in [0, 0.05) is 12.7 Å². The van der Waals surface area contributed by atoms with Gasteiger partial charge in [0.2, 0.25) is 0 Å². The number of pyridine rings is 1. The monoisotopic (exact) mass is 494 g/mol. The minimum Gasteiger partial charge on any atom is -0.305 e. The summed E-state index contributed by atoms with van der Waals surface area (Å²) < 4.78 is 69.3. The van der Waals surface area contributed by atoms with Crippen molar-refractivity contribution in [2.24, 2.45) is 0 Å². The number of nitrogens with zero attached hydrogens (tertiary/aromatic N) is 3. The summed E-state index contributed by atoms with van der Waals surface area (Å²) in [6.45, 7) is 2.46. The van der Waals surface area contributed by atoms with Crippen molar-refractivity contribution in [1.29, 1.82) is 0 Å². The van der Waals surface area contributed by atoms with Crippen LogP contribution in [0.15, 0.2) is 36.5 Å². The lowest BCUT2D eigenvalue weighted by atomic mass is 9.95. The molecule has 1 saturated carbocycles. The number of imide groups is 1. The lowest BCUT2D eigenvalue weighted by molar-refractivity contribution is -0.160. The van der Waals surface area contributed by atoms with Gasteiger partial charge < -0.3 is 10.2 Å². The summed E-state index contributed by atoms with van der Waals surface area (Å²) in [6.07, 6.45) is -3.27. The molecule has 184 valence electrons. The molecule has 0 radical (unpaired) electrons. The van der Waals surface area contributed by atoms with Gasteiger partial charge in [-0.3, -0.25) is 9.59 Å². The fourth-order valence-corrected chi connectivity index (χ4v) is 4.67. The van der Waals surface area contributed by atoms with E-state index in [-0.39, 0.29) is 35.5 Å². The predicted octanol–water partition coefficient (Wildman–Crippen LogP) is 4.47. The molecule has 1 aromatic carbocycles. The molecular formula is C23H19F5N4O3. The first kappa shape index (κ1) is 23.2. The Kier molecular flexibility index (Phi) is 4.63. The van der Waals surface area contributed by atoms with Crippen molar-refractivity contribution in [3.05, 3.63) is 53.2 Å². The first-order chi connectivity index (χ1) is 16.2. The second kappa shape index (κ2) is 6.98. The van der Waals surface area contributed by atoms with Gasteiger partial charge in [-0.2, -0.15) is 22.0 Å². The predicted molar refractivity (Wildman–Crippen MR) is 113 cm³/mol. The van der Waals surface area contributed by atoms with E-state index in [1.54, 1.807) is 0 Å². The zero-order valence-electron chi connectivity index (χ0n) is 18.5. The molecule has 1 N–H and O–H groups in total. The smallest absolute Gasteiger partial charge is 0.305 e. The van der Waals surface area contributed by atoms with E-state index in [1.807, 2.05) is 5.32 Å². The maximum Gasteiger partial charge on any atom is 0.398 e. The van der Waals surface area contributed by atoms with Crippen LogP contribution < -0.4 is 10.2 Å². The Balaban J connectivity index is 1.46. The average Bonchev–Trinajstić information content (AvgIpc) is 3.53. The number of urea groups is 1. The highest BCUT2D eigenvalue weighted by molar-refractivity contribution is 6.23. The van der Waals surface area contributed by atoms with Crippen molar-refractivity contribution in [1.82, 2.24) is 9.88 Å². The molecule has 5 rings (SSSR count). The molecule has 2 aromatic rings. The normalized spacial score (nSPS) is 21.9. The molecule has 35 heavy (non-hydrogen) atoms. The molecule has 3 heterocycles. The van der Waals surface area contributed by atoms with E-state index in [9.17, 15) is 36.3 Å². The number of hydrogen-bond donors (Lipinski definition) is 1. The molecule has 4 amide bonds. The van der Waals surface area contributed by atoms with E-state index >= 15 is 0 Å². The summed E-state index contributed by atoms with van der Waals surface area (Å²) in [7, 11) is 0. The maximum atomic E-state index is 14.5. The Morgan fingerprint density at radius 3 is 2.23 bits per heavy atom. The third kappa shape index (κ3) is 3.15. The van der Waals surface area contributed by atoms with Gasteiger partial charge in [-0.1, -0.05) is 12.1 Å². The van der Waals surface area contributed by atoms with E-state index in [0.717, 1.165) is 9.80 Å². The van der Waals surface area contributed by atoms with Crippen molar-refractivity contribution in [2.45, 2.75) is 56.3 Å². The number of carbonyl (C=O) groups is 3. The van der Waals surface area contributed by atoms with Gasteiger partial charge in [-0.15, -0.1) is 0 Å². The number of amides is 4. The first-order valence-corrected chi connectivity index (χ1v) is 10.7. The molecule has 0 unspecified atom stereocenters. The number of fused-ring (bicyclic) bond motifs is 1. The van der Waals surface area contributed by atoms with Crippen molar-refractivity contribution >= 4 is 29.4 Å². The van der Waals surface area contributed by atoms with Crippen LogP contribution >= 0.6 is 0 Å². The van der Waals surface area contributed by atoms with Gasteiger partial charge in [0.1, 0.15) is 11.4 Å². The van der Waals surface area contributed by atoms with E-state index in [0.29, 0.717) is 0 Å². The van der Waals surface area contributed by atoms with Crippen LogP contribution in [0.4, 0.5) is 38.3 Å². The Bertz CT molecular complexity index is 1270. The molecule has 1 saturated heterocycles. The summed E-state index contributed by atoms with van der Waals surface area (Å²) in [4.78, 5) is 43.8. The van der Waals surface area contributed by atoms with Gasteiger partial charge in [0.05, 0.1) is 16.7 Å². The van der Waals surface area contributed by atoms with Crippen molar-refractivity contribution < 1.29 is 36.3 Å². The first-order valence-electron chi connectivity index (χ1n) is 10.7. The van der Waals surface area contributed by atoms with Crippen molar-refractivity contribution in [2.75, 3.05) is 10.2 Å². The Labute approximate surface area is 195 Å². The molecular weight excluding hydrogens is 475 g/mol. The molecule has 1 aliphatic carbocycles. The third-order valence-electron chi connectivity index (χ3n) is 6.99. The second-order valence-electron chi connectivity index (χ2n) is 9.42. The van der Waals surface area contributed by atoms with Crippen LogP contribution in [0.5, 0.6) is 0 Å². The number of anilines is 2. The molecule has 0 bridgehead atoms. The largest absolute Gasteiger partial charge is 0.398 e. The van der Waals surface area contributed by atoms with Crippen LogP contribution in [0.3, 0.4) is 0 Å². The molecule has 2 fully saturated rings. The van der Waals surface area contributed by atoms with Crippen LogP contribution in [0.25, 0.3) is 0 Å². The van der Waals surface area contributed by atoms with Crippen LogP contribution in [0.2, 0.25) is 0 Å². The summed E-state index contributed by atoms with van der Waals surface area (Å²) in [5.74, 6) is -6.38. The Hall–Kier alpha value is -3.57. The molecule has 12 heteroatoms. The molecule has 3 aliphatic rings. The van der Waals surface area contributed by atoms with Crippen LogP contribution in [0, 0.1) is 0 Å². The van der Waals surface area contributed by atoms with Crippen LogP contribution in [-0.4, -0.2) is 39.4 Å². The molecule has 2 aliphatic heterocycles. The van der Waals surface area contributed by atoms with Gasteiger partial charge in [-0.05, 0) is 56.0 Å². The number of halogens is 5. The number of carbonyl (C=O) groups excluding carboxylic acids is 3. The Morgan fingerprint density at radius 1 is 1.03 bits per heavy atom. The van der Waals surface area contributed by atoms with Gasteiger partial charge >= 0.3 is 24.0 Å². The lowest BCUT2D eigenvalue weighted by Gasteiger charge is -2.28. The molecule has 7 nitrogen and oxygen atoms in total. The SMILES string of the molecule is CC1(C)C(=O)N(c2ccc(C3(C(F)(F)F)CC3)cc2)C(=O)N1Cc1ccnc2c1C(F)(F)C(=O)N2. The van der Waals surface area contributed by atoms with E-state index in [2.05, 4.69) is 4.98 Å². The summed E-state index contributed by atoms with van der Waals surface area (Å²) in [6, 6.07) is 5.47. The minimum atomic E-state index is -4.41. The number of benzene rings is 1. The summed E-state index contributed by atoms with van der Waals surface area (Å²) in [5, 5.41) is 2.00. The zero-order chi connectivity index (χ0) is 25.6. The fourth-order valence-electron chi connectivity index (χ4n) is 4.67. The summed E-state index contributed by atoms with van der Waals surface area (Å²) >= 11 is 0. The topological polar surface area (TPSA) is 82.6 Å². The van der Waals surface area contributed by atoms with Crippen molar-refractivity contribution in [3.8, 4) is 0 Å². The molecule has 0 atom stereocenters. The number of rotatable bonds is 4. The van der Waals surface area contributed by atoms with Gasteiger partial charge in [0.15, 0.2) is 0 Å². The highest BCUT2D eigenvalue weighted by Gasteiger charge is 2.64. The van der Waals surface area contributed by atoms with E-state index in [4.69, 9.17) is 0 Å². The number of aromatic nitrogens is 1. The van der Waals surface area contributed by atoms with Crippen LogP contribution in [-0.2, 0) is 27.5 Å². The highest BCUT2D eigenvalue weighted by Crippen LogP contribution is 2.59. The number of nitrogens with one attached hydrogen (secondary N) is 1. The van der Waals surface area contributed by atoms with Crippen molar-refractivity contribution in [3.63, 3.8) is 0 Å². The van der Waals surface area contributed by atoms with Gasteiger partial charge in [-0.25, -0.2) is 14.7 Å². The highest BCUT2D eigenvalue weighted by atomic mass is 19.4. The van der Waals surface area contributed by atoms with E-state index in [1.165, 1.54) is 50.4 Å². The van der Waals surface area contributed by atoms with Crippen LogP contribution in [0.1, 0.15) is 43.4 Å². The lowest BCUT2D eigenvalue weighted by Crippen LogP contribution is -2.44. The molecule has 1 aromatic heterocycles. The summed E-state index contributed by atoms with van der Waals surface area (Å²) in [5.41, 5.74) is -3.97. The van der Waals surface area contributed by atoms with E-state index < -0.39 is 53.0 Å². The molecule has 0 spiro atoms.